The van der Waals surface area contributed by atoms with Gasteiger partial charge in [0.25, 0.3) is 10.1 Å². The smallest absolute Gasteiger partial charge is 0.339 e. The molecule has 0 saturated carbocycles. The van der Waals surface area contributed by atoms with Crippen molar-refractivity contribution < 1.29 is 32.0 Å². The lowest BCUT2D eigenvalue weighted by Gasteiger charge is -2.11. The van der Waals surface area contributed by atoms with Gasteiger partial charge in [0.1, 0.15) is 0 Å². The fourth-order valence-corrected chi connectivity index (χ4v) is 8.39. The highest BCUT2D eigenvalue weighted by Gasteiger charge is 2.23. The van der Waals surface area contributed by atoms with Crippen LogP contribution >= 0.6 is 0 Å². The number of allylic oxidation sites excluding steroid dienone is 4. The maximum Gasteiger partial charge on any atom is 0.339 e. The molecule has 60 heavy (non-hydrogen) atoms. The van der Waals surface area contributed by atoms with Crippen LogP contribution in [-0.4, -0.2) is 38.1 Å². The van der Waals surface area contributed by atoms with Crippen molar-refractivity contribution in [2.24, 2.45) is 0 Å². The van der Waals surface area contributed by atoms with Crippen LogP contribution in [0.15, 0.2) is 47.4 Å². The van der Waals surface area contributed by atoms with E-state index in [0.29, 0.717) is 6.42 Å². The lowest BCUT2D eigenvalue weighted by atomic mass is 10.0. The Labute approximate surface area is 369 Å². The molecule has 346 valence electrons. The zero-order chi connectivity index (χ0) is 43.6. The molecule has 1 rings (SSSR count). The summed E-state index contributed by atoms with van der Waals surface area (Å²) in [5.41, 5.74) is -0.261. The standard InChI is InChI=1S/C52H90O7S/c1-3-5-7-9-11-13-15-17-19-21-23-25-27-29-31-33-35-37-39-41-45-58-51(53)49-44-43-48(60(55,56)57)47-50(49)52(54)59-46-42-40-38-36-34-32-30-28-26-24-22-20-18-16-14-12-10-8-6-4-2/h3-6,43-44,47H,7-42,45-46H2,1-2H3,(H,55,56,57)/b5-3+,6-4+. The first-order valence-electron chi connectivity index (χ1n) is 25.0. The molecule has 0 heterocycles. The monoisotopic (exact) mass is 859 g/mol. The Bertz CT molecular complexity index is 1340. The van der Waals surface area contributed by atoms with E-state index in [1.807, 2.05) is 0 Å². The zero-order valence-corrected chi connectivity index (χ0v) is 39.5. The summed E-state index contributed by atoms with van der Waals surface area (Å²) in [5.74, 6) is -1.49. The van der Waals surface area contributed by atoms with Crippen LogP contribution in [0.3, 0.4) is 0 Å². The van der Waals surface area contributed by atoms with E-state index in [1.54, 1.807) is 0 Å². The van der Waals surface area contributed by atoms with Gasteiger partial charge in [-0.3, -0.25) is 4.55 Å². The predicted molar refractivity (Wildman–Crippen MR) is 253 cm³/mol. The van der Waals surface area contributed by atoms with Crippen molar-refractivity contribution in [2.75, 3.05) is 13.2 Å². The molecule has 0 aliphatic rings. The first-order chi connectivity index (χ1) is 29.3. The average molecular weight is 859 g/mol. The second-order valence-electron chi connectivity index (χ2n) is 17.2. The van der Waals surface area contributed by atoms with E-state index in [0.717, 1.165) is 50.7 Å². The van der Waals surface area contributed by atoms with Gasteiger partial charge in [0, 0.05) is 0 Å². The first-order valence-corrected chi connectivity index (χ1v) is 26.4. The van der Waals surface area contributed by atoms with Gasteiger partial charge in [0.05, 0.1) is 29.2 Å². The molecule has 0 aliphatic heterocycles. The highest BCUT2D eigenvalue weighted by Crippen LogP contribution is 2.20. The summed E-state index contributed by atoms with van der Waals surface area (Å²) in [6, 6.07) is 3.32. The van der Waals surface area contributed by atoms with Crippen LogP contribution < -0.4 is 0 Å². The van der Waals surface area contributed by atoms with E-state index in [9.17, 15) is 22.6 Å². The number of carbonyl (C=O) groups is 2. The average Bonchev–Trinajstić information content (AvgIpc) is 3.24. The topological polar surface area (TPSA) is 107 Å². The van der Waals surface area contributed by atoms with E-state index in [-0.39, 0.29) is 24.3 Å². The molecule has 0 radical (unpaired) electrons. The van der Waals surface area contributed by atoms with Gasteiger partial charge in [0.15, 0.2) is 0 Å². The molecule has 1 N–H and O–H groups in total. The number of carbonyl (C=O) groups excluding carboxylic acids is 2. The largest absolute Gasteiger partial charge is 0.462 e. The van der Waals surface area contributed by atoms with E-state index < -0.39 is 27.0 Å². The van der Waals surface area contributed by atoms with E-state index in [4.69, 9.17) is 9.47 Å². The van der Waals surface area contributed by atoms with Gasteiger partial charge >= 0.3 is 11.9 Å². The van der Waals surface area contributed by atoms with E-state index in [2.05, 4.69) is 38.2 Å². The zero-order valence-electron chi connectivity index (χ0n) is 38.7. The van der Waals surface area contributed by atoms with Crippen molar-refractivity contribution in [3.05, 3.63) is 53.6 Å². The van der Waals surface area contributed by atoms with Crippen molar-refractivity contribution >= 4 is 22.1 Å². The molecule has 0 atom stereocenters. The SMILES string of the molecule is C/C=C/CCCCCCCCCCCCCCCCCCCOC(=O)c1ccc(S(=O)(=O)O)cc1C(=O)OCCCCCCCCCCCCCCCCCCC/C=C/C. The summed E-state index contributed by atoms with van der Waals surface area (Å²) in [6.45, 7) is 4.59. The van der Waals surface area contributed by atoms with Gasteiger partial charge in [-0.15, -0.1) is 0 Å². The van der Waals surface area contributed by atoms with Gasteiger partial charge in [-0.2, -0.15) is 8.42 Å². The number of hydrogen-bond donors (Lipinski definition) is 1. The minimum atomic E-state index is -4.57. The molecule has 0 saturated heterocycles. The molecule has 7 nitrogen and oxygen atoms in total. The third kappa shape index (κ3) is 33.2. The Morgan fingerprint density at radius 3 is 0.983 bits per heavy atom. The Kier molecular flexibility index (Phi) is 37.6. The van der Waals surface area contributed by atoms with E-state index >= 15 is 0 Å². The molecule has 0 aliphatic carbocycles. The molecule has 0 unspecified atom stereocenters. The van der Waals surface area contributed by atoms with Crippen LogP contribution in [-0.2, 0) is 19.6 Å². The molecular weight excluding hydrogens is 769 g/mol. The third-order valence-corrected chi connectivity index (χ3v) is 12.5. The highest BCUT2D eigenvalue weighted by molar-refractivity contribution is 7.85. The van der Waals surface area contributed by atoms with Crippen molar-refractivity contribution in [1.29, 1.82) is 0 Å². The summed E-state index contributed by atoms with van der Waals surface area (Å²) in [6.07, 6.45) is 54.1. The van der Waals surface area contributed by atoms with Gasteiger partial charge in [-0.25, -0.2) is 9.59 Å². The maximum atomic E-state index is 13.0. The summed E-state index contributed by atoms with van der Waals surface area (Å²) in [4.78, 5) is 25.5. The molecule has 0 aromatic heterocycles. The molecule has 0 spiro atoms. The number of unbranched alkanes of at least 4 members (excludes halogenated alkanes) is 34. The molecule has 1 aromatic carbocycles. The lowest BCUT2D eigenvalue weighted by Crippen LogP contribution is -2.16. The quantitative estimate of drug-likeness (QED) is 0.0302. The summed E-state index contributed by atoms with van der Waals surface area (Å²) >= 11 is 0. The molecule has 0 fully saturated rings. The van der Waals surface area contributed by atoms with Crippen LogP contribution in [0.4, 0.5) is 0 Å². The third-order valence-electron chi connectivity index (χ3n) is 11.7. The Balaban J connectivity index is 2.12. The predicted octanol–water partition coefficient (Wildman–Crippen LogP) is 16.4. The number of rotatable bonds is 43. The van der Waals surface area contributed by atoms with Crippen LogP contribution in [0.1, 0.15) is 266 Å². The van der Waals surface area contributed by atoms with E-state index in [1.165, 1.54) is 192 Å². The Morgan fingerprint density at radius 2 is 0.700 bits per heavy atom. The van der Waals surface area contributed by atoms with Crippen LogP contribution in [0, 0.1) is 0 Å². The van der Waals surface area contributed by atoms with Gasteiger partial charge < -0.3 is 9.47 Å². The van der Waals surface area contributed by atoms with Crippen molar-refractivity contribution in [2.45, 2.75) is 250 Å². The highest BCUT2D eigenvalue weighted by atomic mass is 32.2. The number of hydrogen-bond acceptors (Lipinski definition) is 6. The minimum Gasteiger partial charge on any atom is -0.462 e. The Hall–Kier alpha value is -2.45. The summed E-state index contributed by atoms with van der Waals surface area (Å²) < 4.78 is 44.1. The summed E-state index contributed by atoms with van der Waals surface area (Å²) in [5, 5.41) is 0. The number of benzene rings is 1. The van der Waals surface area contributed by atoms with Crippen LogP contribution in [0.2, 0.25) is 0 Å². The first kappa shape index (κ1) is 55.6. The van der Waals surface area contributed by atoms with Crippen LogP contribution in [0.5, 0.6) is 0 Å². The maximum absolute atomic E-state index is 13.0. The molecule has 1 aromatic rings. The second-order valence-corrected chi connectivity index (χ2v) is 18.6. The fourth-order valence-electron chi connectivity index (χ4n) is 7.88. The fraction of sp³-hybridized carbons (Fsp3) is 0.769. The lowest BCUT2D eigenvalue weighted by molar-refractivity contribution is 0.0450. The van der Waals surface area contributed by atoms with Crippen molar-refractivity contribution in [3.8, 4) is 0 Å². The number of esters is 2. The second kappa shape index (κ2) is 40.6. The normalized spacial score (nSPS) is 11.9. The summed E-state index contributed by atoms with van der Waals surface area (Å²) in [7, 11) is -4.57. The van der Waals surface area contributed by atoms with Gasteiger partial charge in [0.2, 0.25) is 0 Å². The van der Waals surface area contributed by atoms with Gasteiger partial charge in [-0.1, -0.05) is 217 Å². The van der Waals surface area contributed by atoms with Crippen molar-refractivity contribution in [1.82, 2.24) is 0 Å². The molecule has 0 bridgehead atoms. The molecule has 0 amide bonds. The van der Waals surface area contributed by atoms with Gasteiger partial charge in [-0.05, 0) is 70.6 Å². The van der Waals surface area contributed by atoms with Crippen molar-refractivity contribution in [3.63, 3.8) is 0 Å². The molecule has 8 heteroatoms. The Morgan fingerprint density at radius 1 is 0.433 bits per heavy atom. The minimum absolute atomic E-state index is 0.0553. The molecular formula is C52H90O7S. The van der Waals surface area contributed by atoms with Crippen LogP contribution in [0.25, 0.3) is 0 Å². The number of ether oxygens (including phenoxy) is 2.